The first-order chi connectivity index (χ1) is 8.35. The van der Waals surface area contributed by atoms with E-state index in [9.17, 15) is 9.90 Å². The smallest absolute Gasteiger partial charge is 0.414 e. The summed E-state index contributed by atoms with van der Waals surface area (Å²) >= 11 is 0. The Balaban J connectivity index is 2.96. The molecule has 0 aliphatic rings. The maximum Gasteiger partial charge on any atom is 0.414 e. The van der Waals surface area contributed by atoms with Crippen LogP contribution in [0.15, 0.2) is 24.3 Å². The second kappa shape index (κ2) is 5.73. The second-order valence-electron chi connectivity index (χ2n) is 4.91. The summed E-state index contributed by atoms with van der Waals surface area (Å²) in [5.74, 6) is 0.0248. The Kier molecular flexibility index (Phi) is 4.55. The van der Waals surface area contributed by atoms with Crippen molar-refractivity contribution < 1.29 is 14.6 Å². The zero-order valence-corrected chi connectivity index (χ0v) is 11.0. The van der Waals surface area contributed by atoms with Gasteiger partial charge in [0.2, 0.25) is 0 Å². The third-order valence-corrected chi connectivity index (χ3v) is 2.14. The van der Waals surface area contributed by atoms with E-state index in [0.717, 1.165) is 0 Å². The summed E-state index contributed by atoms with van der Waals surface area (Å²) in [5, 5.41) is 9.76. The molecule has 18 heavy (non-hydrogen) atoms. The Hall–Kier alpha value is -1.75. The number of amides is 1. The number of nitrogens with two attached hydrogens (primary N) is 1. The van der Waals surface area contributed by atoms with Crippen molar-refractivity contribution in [2.45, 2.75) is 26.4 Å². The molecule has 0 fully saturated rings. The van der Waals surface area contributed by atoms with E-state index in [1.807, 2.05) is 0 Å². The molecule has 100 valence electrons. The number of aromatic hydroxyl groups is 1. The number of hydrogen-bond donors (Lipinski definition) is 2. The van der Waals surface area contributed by atoms with Gasteiger partial charge >= 0.3 is 6.09 Å². The number of anilines is 1. The van der Waals surface area contributed by atoms with E-state index in [0.29, 0.717) is 5.69 Å². The van der Waals surface area contributed by atoms with Gasteiger partial charge in [0.1, 0.15) is 11.4 Å². The number of nitrogens with zero attached hydrogens (tertiary/aromatic N) is 1. The van der Waals surface area contributed by atoms with Gasteiger partial charge in [-0.1, -0.05) is 12.1 Å². The van der Waals surface area contributed by atoms with Gasteiger partial charge in [-0.25, -0.2) is 4.79 Å². The van der Waals surface area contributed by atoms with Crippen LogP contribution < -0.4 is 10.6 Å². The topological polar surface area (TPSA) is 75.8 Å². The number of benzene rings is 1. The minimum Gasteiger partial charge on any atom is -0.506 e. The Morgan fingerprint density at radius 3 is 2.50 bits per heavy atom. The van der Waals surface area contributed by atoms with Gasteiger partial charge in [-0.05, 0) is 32.9 Å². The van der Waals surface area contributed by atoms with Crippen LogP contribution in [0.25, 0.3) is 0 Å². The zero-order valence-electron chi connectivity index (χ0n) is 11.0. The van der Waals surface area contributed by atoms with E-state index in [1.54, 1.807) is 39.0 Å². The van der Waals surface area contributed by atoms with Crippen molar-refractivity contribution in [3.05, 3.63) is 24.3 Å². The van der Waals surface area contributed by atoms with Gasteiger partial charge < -0.3 is 15.6 Å². The van der Waals surface area contributed by atoms with Crippen molar-refractivity contribution in [1.82, 2.24) is 0 Å². The molecule has 3 N–H and O–H groups in total. The molecular formula is C13H20N2O3. The lowest BCUT2D eigenvalue weighted by atomic mass is 10.2. The van der Waals surface area contributed by atoms with Crippen LogP contribution >= 0.6 is 0 Å². The lowest BCUT2D eigenvalue weighted by Gasteiger charge is -2.27. The monoisotopic (exact) mass is 252 g/mol. The quantitative estimate of drug-likeness (QED) is 0.863. The predicted molar refractivity (Wildman–Crippen MR) is 70.7 cm³/mol. The number of carbonyl (C=O) groups is 1. The summed E-state index contributed by atoms with van der Waals surface area (Å²) < 4.78 is 5.28. The fraction of sp³-hybridized carbons (Fsp3) is 0.462. The van der Waals surface area contributed by atoms with Crippen molar-refractivity contribution in [2.24, 2.45) is 5.73 Å². The number of hydrogen-bond acceptors (Lipinski definition) is 4. The molecule has 0 aliphatic carbocycles. The number of rotatable bonds is 3. The molecule has 5 heteroatoms. The molecule has 0 aromatic heterocycles. The summed E-state index contributed by atoms with van der Waals surface area (Å²) in [7, 11) is 0. The second-order valence-corrected chi connectivity index (χ2v) is 4.91. The van der Waals surface area contributed by atoms with Crippen LogP contribution in [0.3, 0.4) is 0 Å². The van der Waals surface area contributed by atoms with Gasteiger partial charge in [0.15, 0.2) is 0 Å². The molecule has 1 aromatic carbocycles. The highest BCUT2D eigenvalue weighted by Crippen LogP contribution is 2.27. The van der Waals surface area contributed by atoms with E-state index < -0.39 is 11.7 Å². The first-order valence-corrected chi connectivity index (χ1v) is 5.84. The molecule has 1 rings (SSSR count). The standard InChI is InChI=1S/C13H20N2O3/c1-13(2,3)18-12(17)15(9-8-14)10-6-4-5-7-11(10)16/h4-7,16H,8-9,14H2,1-3H3. The largest absolute Gasteiger partial charge is 0.506 e. The average molecular weight is 252 g/mol. The van der Waals surface area contributed by atoms with Gasteiger partial charge in [0.25, 0.3) is 0 Å². The Bertz CT molecular complexity index is 413. The number of carbonyl (C=O) groups excluding carboxylic acids is 1. The molecule has 1 aromatic rings. The molecule has 0 unspecified atom stereocenters. The van der Waals surface area contributed by atoms with Crippen LogP contribution in [0.2, 0.25) is 0 Å². The van der Waals surface area contributed by atoms with Crippen LogP contribution in [0.1, 0.15) is 20.8 Å². The highest BCUT2D eigenvalue weighted by atomic mass is 16.6. The molecular weight excluding hydrogens is 232 g/mol. The molecule has 0 radical (unpaired) electrons. The highest BCUT2D eigenvalue weighted by molar-refractivity contribution is 5.89. The first kappa shape index (κ1) is 14.3. The maximum absolute atomic E-state index is 12.0. The van der Waals surface area contributed by atoms with Crippen LogP contribution in [0.4, 0.5) is 10.5 Å². The third-order valence-electron chi connectivity index (χ3n) is 2.14. The number of phenols is 1. The maximum atomic E-state index is 12.0. The molecule has 0 bridgehead atoms. The number of phenolic OH excluding ortho intramolecular Hbond substituents is 1. The molecule has 1 amide bonds. The Morgan fingerprint density at radius 2 is 2.00 bits per heavy atom. The third kappa shape index (κ3) is 3.92. The fourth-order valence-electron chi connectivity index (χ4n) is 1.45. The van der Waals surface area contributed by atoms with E-state index >= 15 is 0 Å². The van der Waals surface area contributed by atoms with Gasteiger partial charge in [-0.2, -0.15) is 0 Å². The van der Waals surface area contributed by atoms with Gasteiger partial charge in [-0.3, -0.25) is 4.90 Å². The molecule has 0 heterocycles. The summed E-state index contributed by atoms with van der Waals surface area (Å²) in [5.41, 5.74) is 5.30. The van der Waals surface area contributed by atoms with E-state index in [2.05, 4.69) is 0 Å². The summed E-state index contributed by atoms with van der Waals surface area (Å²) in [4.78, 5) is 13.4. The van der Waals surface area contributed by atoms with Crippen LogP contribution in [-0.4, -0.2) is 29.9 Å². The van der Waals surface area contributed by atoms with Crippen LogP contribution in [-0.2, 0) is 4.74 Å². The lowest BCUT2D eigenvalue weighted by Crippen LogP contribution is -2.39. The van der Waals surface area contributed by atoms with Crippen LogP contribution in [0, 0.1) is 0 Å². The molecule has 0 spiro atoms. The van der Waals surface area contributed by atoms with E-state index in [1.165, 1.54) is 11.0 Å². The minimum atomic E-state index is -0.589. The van der Waals surface area contributed by atoms with Gasteiger partial charge in [-0.15, -0.1) is 0 Å². The Labute approximate surface area is 107 Å². The van der Waals surface area contributed by atoms with Crippen molar-refractivity contribution in [3.8, 4) is 5.75 Å². The van der Waals surface area contributed by atoms with Crippen molar-refractivity contribution >= 4 is 11.8 Å². The first-order valence-electron chi connectivity index (χ1n) is 5.84. The summed E-state index contributed by atoms with van der Waals surface area (Å²) in [6.45, 7) is 5.93. The lowest BCUT2D eigenvalue weighted by molar-refractivity contribution is 0.0580. The minimum absolute atomic E-state index is 0.0248. The number of para-hydroxylation sites is 2. The average Bonchev–Trinajstić information content (AvgIpc) is 2.24. The Morgan fingerprint density at radius 1 is 1.39 bits per heavy atom. The molecule has 0 aliphatic heterocycles. The summed E-state index contributed by atoms with van der Waals surface area (Å²) in [6.07, 6.45) is -0.519. The van der Waals surface area contributed by atoms with E-state index in [-0.39, 0.29) is 18.8 Å². The van der Waals surface area contributed by atoms with Gasteiger partial charge in [0, 0.05) is 13.1 Å². The highest BCUT2D eigenvalue weighted by Gasteiger charge is 2.24. The number of ether oxygens (including phenoxy) is 1. The van der Waals surface area contributed by atoms with Crippen molar-refractivity contribution in [1.29, 1.82) is 0 Å². The van der Waals surface area contributed by atoms with Gasteiger partial charge in [0.05, 0.1) is 5.69 Å². The molecule has 0 saturated carbocycles. The normalized spacial score (nSPS) is 11.1. The van der Waals surface area contributed by atoms with Crippen molar-refractivity contribution in [3.63, 3.8) is 0 Å². The van der Waals surface area contributed by atoms with E-state index in [4.69, 9.17) is 10.5 Å². The predicted octanol–water partition coefficient (Wildman–Crippen LogP) is 2.09. The van der Waals surface area contributed by atoms with Crippen molar-refractivity contribution in [2.75, 3.05) is 18.0 Å². The molecule has 0 atom stereocenters. The summed E-state index contributed by atoms with van der Waals surface area (Å²) in [6, 6.07) is 6.59. The SMILES string of the molecule is CC(C)(C)OC(=O)N(CCN)c1ccccc1O. The fourth-order valence-corrected chi connectivity index (χ4v) is 1.45. The molecule has 5 nitrogen and oxygen atoms in total. The zero-order chi connectivity index (χ0) is 13.8. The van der Waals surface area contributed by atoms with Crippen LogP contribution in [0.5, 0.6) is 5.75 Å². The molecule has 0 saturated heterocycles.